The number of aryl methyl sites for hydroxylation is 1. The van der Waals surface area contributed by atoms with Gasteiger partial charge in [0.15, 0.2) is 0 Å². The van der Waals surface area contributed by atoms with E-state index in [2.05, 4.69) is 113 Å². The molecule has 0 saturated heterocycles. The molecule has 0 aliphatic carbocycles. The third kappa shape index (κ3) is 2.59. The van der Waals surface area contributed by atoms with Crippen LogP contribution in [0.3, 0.4) is 0 Å². The third-order valence-electron chi connectivity index (χ3n) is 4.76. The number of hydrogen-bond acceptors (Lipinski definition) is 1. The fraction of sp³-hybridized carbons (Fsp3) is 0.0455. The first kappa shape index (κ1) is 15.8. The van der Waals surface area contributed by atoms with Crippen molar-refractivity contribution in [1.82, 2.24) is 9.32 Å². The molecule has 0 amide bonds. The van der Waals surface area contributed by atoms with Crippen LogP contribution in [-0.4, -0.2) is 9.32 Å². The molecule has 25 heavy (non-hydrogen) atoms. The molecule has 3 aromatic carbocycles. The van der Waals surface area contributed by atoms with Gasteiger partial charge in [0, 0.05) is 0 Å². The number of benzene rings is 3. The molecule has 0 N–H and O–H groups in total. The minimum atomic E-state index is -2.44. The van der Waals surface area contributed by atoms with E-state index < -0.39 is 7.41 Å². The van der Waals surface area contributed by atoms with Gasteiger partial charge in [-0.25, -0.2) is 0 Å². The van der Waals surface area contributed by atoms with Crippen molar-refractivity contribution in [2.75, 3.05) is 0 Å². The van der Waals surface area contributed by atoms with Gasteiger partial charge < -0.3 is 0 Å². The zero-order valence-electron chi connectivity index (χ0n) is 14.2. The van der Waals surface area contributed by atoms with E-state index in [-0.39, 0.29) is 0 Å². The summed E-state index contributed by atoms with van der Waals surface area (Å²) >= 11 is 0. The number of nitrogens with zero attached hydrogens (tertiary/aromatic N) is 2. The van der Waals surface area contributed by atoms with E-state index in [9.17, 15) is 0 Å². The Morgan fingerprint density at radius 3 is 1.36 bits per heavy atom. The number of imidazole rings is 1. The molecule has 0 aliphatic rings. The maximum atomic E-state index is 4.56. The van der Waals surface area contributed by atoms with Crippen LogP contribution < -0.4 is 15.9 Å². The molecule has 0 bridgehead atoms. The molecule has 0 atom stereocenters. The van der Waals surface area contributed by atoms with Crippen LogP contribution in [-0.2, 0) is 0 Å². The molecule has 2 nitrogen and oxygen atoms in total. The van der Waals surface area contributed by atoms with Crippen molar-refractivity contribution < 1.29 is 0 Å². The second-order valence-corrected chi connectivity index (χ2v) is 9.79. The van der Waals surface area contributed by atoms with E-state index in [4.69, 9.17) is 0 Å². The fourth-order valence-corrected chi connectivity index (χ4v) is 8.38. The van der Waals surface area contributed by atoms with Crippen LogP contribution in [0.1, 0.15) is 5.82 Å². The molecule has 4 rings (SSSR count). The van der Waals surface area contributed by atoms with Crippen LogP contribution in [0.2, 0.25) is 0 Å². The fourth-order valence-electron chi connectivity index (χ4n) is 3.69. The predicted molar refractivity (Wildman–Crippen MR) is 109 cm³/mol. The first-order chi connectivity index (χ1) is 12.3. The summed E-state index contributed by atoms with van der Waals surface area (Å²) in [6, 6.07) is 32.6. The summed E-state index contributed by atoms with van der Waals surface area (Å²) in [4.78, 5) is 4.56. The van der Waals surface area contributed by atoms with Crippen molar-refractivity contribution in [3.05, 3.63) is 109 Å². The van der Waals surface area contributed by atoms with Gasteiger partial charge in [-0.3, -0.25) is 0 Å². The minimum absolute atomic E-state index is 1.04. The first-order valence-corrected chi connectivity index (χ1v) is 10.4. The molecule has 0 radical (unpaired) electrons. The maximum absolute atomic E-state index is 4.56. The molecule has 4 aromatic rings. The Morgan fingerprint density at radius 2 is 1.04 bits per heavy atom. The van der Waals surface area contributed by atoms with E-state index in [0.717, 1.165) is 5.82 Å². The SMILES string of the molecule is Cc1nccn1[PH](c1ccccc1)(c1ccccc1)c1ccccc1. The molecule has 0 spiro atoms. The Morgan fingerprint density at radius 1 is 0.640 bits per heavy atom. The van der Waals surface area contributed by atoms with Gasteiger partial charge in [-0.2, -0.15) is 0 Å². The first-order valence-electron chi connectivity index (χ1n) is 8.50. The van der Waals surface area contributed by atoms with Crippen molar-refractivity contribution in [2.45, 2.75) is 6.92 Å². The van der Waals surface area contributed by atoms with Crippen LogP contribution in [0.15, 0.2) is 103 Å². The summed E-state index contributed by atoms with van der Waals surface area (Å²) in [6.45, 7) is 2.09. The molecule has 0 fully saturated rings. The van der Waals surface area contributed by atoms with Gasteiger partial charge in [0.2, 0.25) is 0 Å². The zero-order chi connectivity index (χ0) is 17.1. The van der Waals surface area contributed by atoms with Crippen molar-refractivity contribution in [3.63, 3.8) is 0 Å². The van der Waals surface area contributed by atoms with E-state index in [0.29, 0.717) is 0 Å². The topological polar surface area (TPSA) is 17.8 Å². The molecule has 0 saturated carbocycles. The summed E-state index contributed by atoms with van der Waals surface area (Å²) < 4.78 is 2.41. The molecule has 0 unspecified atom stereocenters. The Balaban J connectivity index is 2.15. The summed E-state index contributed by atoms with van der Waals surface area (Å²) in [5.74, 6) is 1.04. The van der Waals surface area contributed by atoms with Crippen LogP contribution in [0.5, 0.6) is 0 Å². The van der Waals surface area contributed by atoms with Crippen LogP contribution in [0.25, 0.3) is 0 Å². The van der Waals surface area contributed by atoms with Gasteiger partial charge in [0.05, 0.1) is 0 Å². The average molecular weight is 344 g/mol. The molecule has 1 aromatic heterocycles. The quantitative estimate of drug-likeness (QED) is 0.517. The second kappa shape index (κ2) is 6.66. The van der Waals surface area contributed by atoms with E-state index in [1.165, 1.54) is 15.9 Å². The van der Waals surface area contributed by atoms with E-state index >= 15 is 0 Å². The molecule has 3 heteroatoms. The van der Waals surface area contributed by atoms with Crippen LogP contribution in [0, 0.1) is 6.92 Å². The van der Waals surface area contributed by atoms with Crippen LogP contribution >= 0.6 is 7.41 Å². The van der Waals surface area contributed by atoms with Gasteiger partial charge in [-0.1, -0.05) is 0 Å². The van der Waals surface area contributed by atoms with Crippen molar-refractivity contribution in [1.29, 1.82) is 0 Å². The number of hydrogen-bond donors (Lipinski definition) is 0. The van der Waals surface area contributed by atoms with Crippen molar-refractivity contribution >= 4 is 23.3 Å². The standard InChI is InChI=1S/C22H21N2P/c1-19-23-17-18-24(19)25(20-11-5-2-6-12-20,21-13-7-3-8-14-21)22-15-9-4-10-16-22/h2-18,25H,1H3. The van der Waals surface area contributed by atoms with Crippen molar-refractivity contribution in [2.24, 2.45) is 0 Å². The molecule has 1 heterocycles. The second-order valence-electron chi connectivity index (χ2n) is 6.15. The zero-order valence-corrected chi connectivity index (χ0v) is 15.2. The molecular formula is C22H21N2P. The summed E-state index contributed by atoms with van der Waals surface area (Å²) in [5, 5.41) is 4.07. The Bertz CT molecular complexity index is 850. The Kier molecular flexibility index (Phi) is 4.21. The summed E-state index contributed by atoms with van der Waals surface area (Å²) in [5.41, 5.74) is 0. The van der Waals surface area contributed by atoms with Crippen LogP contribution in [0.4, 0.5) is 0 Å². The monoisotopic (exact) mass is 344 g/mol. The number of aromatic nitrogens is 2. The van der Waals surface area contributed by atoms with Gasteiger partial charge in [-0.05, 0) is 0 Å². The molecule has 0 aliphatic heterocycles. The van der Waals surface area contributed by atoms with Crippen molar-refractivity contribution in [3.8, 4) is 0 Å². The Labute approximate surface area is 149 Å². The van der Waals surface area contributed by atoms with E-state index in [1.54, 1.807) is 0 Å². The van der Waals surface area contributed by atoms with Gasteiger partial charge in [0.1, 0.15) is 0 Å². The average Bonchev–Trinajstić information content (AvgIpc) is 3.12. The van der Waals surface area contributed by atoms with Gasteiger partial charge >= 0.3 is 149 Å². The summed E-state index contributed by atoms with van der Waals surface area (Å²) in [7, 11) is -2.44. The third-order valence-corrected chi connectivity index (χ3v) is 9.46. The predicted octanol–water partition coefficient (Wildman–Crippen LogP) is 3.68. The normalized spacial score (nSPS) is 12.0. The van der Waals surface area contributed by atoms with Gasteiger partial charge in [-0.15, -0.1) is 0 Å². The summed E-state index contributed by atoms with van der Waals surface area (Å²) in [6.07, 6.45) is 4.04. The van der Waals surface area contributed by atoms with Gasteiger partial charge in [0.25, 0.3) is 0 Å². The Hall–Kier alpha value is -2.70. The molecular weight excluding hydrogens is 323 g/mol. The van der Waals surface area contributed by atoms with E-state index in [1.807, 2.05) is 6.20 Å². The number of rotatable bonds is 4. The molecule has 124 valence electrons.